The van der Waals surface area contributed by atoms with Gasteiger partial charge in [0.1, 0.15) is 21.3 Å². The molecule has 0 saturated carbocycles. The van der Waals surface area contributed by atoms with Crippen LogP contribution in [0, 0.1) is 6.92 Å². The van der Waals surface area contributed by atoms with Crippen molar-refractivity contribution in [2.45, 2.75) is 25.2 Å². The first kappa shape index (κ1) is 25.2. The number of nitrogens with two attached hydrogens (primary N) is 1. The summed E-state index contributed by atoms with van der Waals surface area (Å²) < 4.78 is 49.8. The van der Waals surface area contributed by atoms with Crippen LogP contribution in [-0.2, 0) is 15.7 Å². The number of aromatic nitrogens is 2. The summed E-state index contributed by atoms with van der Waals surface area (Å²) in [5, 5.41) is 2.18. The van der Waals surface area contributed by atoms with Gasteiger partial charge in [0.25, 0.3) is 5.91 Å². The largest absolute Gasteiger partial charge is 0.463 e. The van der Waals surface area contributed by atoms with Crippen LogP contribution in [0.15, 0.2) is 34.0 Å². The molecule has 34 heavy (non-hydrogen) atoms. The van der Waals surface area contributed by atoms with E-state index in [1.807, 2.05) is 0 Å². The molecule has 0 aliphatic carbocycles. The molecule has 0 aliphatic heterocycles. The predicted octanol–water partition coefficient (Wildman–Crippen LogP) is 4.13. The molecule has 9 nitrogen and oxygen atoms in total. The molecule has 0 spiro atoms. The molecule has 3 rings (SSSR count). The number of amides is 2. The van der Waals surface area contributed by atoms with Crippen LogP contribution in [0.1, 0.15) is 38.2 Å². The van der Waals surface area contributed by atoms with E-state index < -0.39 is 29.7 Å². The lowest BCUT2D eigenvalue weighted by Crippen LogP contribution is -2.19. The number of thioether (sulfide) groups is 1. The Labute approximate surface area is 198 Å². The third-order valence-electron chi connectivity index (χ3n) is 4.21. The Morgan fingerprint density at radius 1 is 1.29 bits per heavy atom. The number of halogens is 3. The molecular weight excluding hydrogens is 497 g/mol. The number of nitrogens with one attached hydrogen (secondary N) is 1. The number of alkyl halides is 3. The van der Waals surface area contributed by atoms with Gasteiger partial charge in [-0.15, -0.1) is 11.3 Å². The second-order valence-electron chi connectivity index (χ2n) is 6.58. The van der Waals surface area contributed by atoms with Crippen LogP contribution in [0.3, 0.4) is 0 Å². The molecule has 3 aromatic heterocycles. The molecule has 0 saturated heterocycles. The minimum absolute atomic E-state index is 0.0277. The zero-order chi connectivity index (χ0) is 25.0. The Bertz CT molecular complexity index is 1230. The number of carbonyl (C=O) groups excluding carboxylic acids is 3. The summed E-state index contributed by atoms with van der Waals surface area (Å²) in [5.41, 5.74) is 4.30. The van der Waals surface area contributed by atoms with E-state index in [4.69, 9.17) is 14.9 Å². The average Bonchev–Trinajstić information content (AvgIpc) is 3.40. The van der Waals surface area contributed by atoms with E-state index in [2.05, 4.69) is 15.3 Å². The number of nitrogens with zero attached hydrogens (tertiary/aromatic N) is 2. The van der Waals surface area contributed by atoms with E-state index in [0.717, 1.165) is 17.4 Å². The summed E-state index contributed by atoms with van der Waals surface area (Å²) in [6.07, 6.45) is -3.45. The fourth-order valence-corrected chi connectivity index (χ4v) is 4.55. The zero-order valence-corrected chi connectivity index (χ0v) is 19.3. The van der Waals surface area contributed by atoms with Crippen LogP contribution in [0.5, 0.6) is 0 Å². The molecule has 0 atom stereocenters. The van der Waals surface area contributed by atoms with E-state index >= 15 is 0 Å². The first-order valence-corrected chi connectivity index (χ1v) is 11.3. The molecule has 2 amide bonds. The number of furan rings is 1. The van der Waals surface area contributed by atoms with E-state index in [1.165, 1.54) is 25.3 Å². The Morgan fingerprint density at radius 3 is 2.62 bits per heavy atom. The summed E-state index contributed by atoms with van der Waals surface area (Å²) in [6, 6.07) is 3.68. The van der Waals surface area contributed by atoms with Gasteiger partial charge in [-0.25, -0.2) is 14.8 Å². The molecule has 0 radical (unpaired) electrons. The molecule has 3 N–H and O–H groups in total. The summed E-state index contributed by atoms with van der Waals surface area (Å²) in [5.74, 6) is -2.50. The molecule has 3 heterocycles. The second-order valence-corrected chi connectivity index (χ2v) is 8.54. The van der Waals surface area contributed by atoms with Crippen LogP contribution in [0.4, 0.5) is 18.2 Å². The molecule has 3 aromatic rings. The summed E-state index contributed by atoms with van der Waals surface area (Å²) in [6.45, 7) is 3.21. The number of carbonyl (C=O) groups is 3. The van der Waals surface area contributed by atoms with Gasteiger partial charge in [-0.2, -0.15) is 13.2 Å². The fraction of sp³-hybridized carbons (Fsp3) is 0.250. The monoisotopic (exact) mass is 514 g/mol. The first-order valence-electron chi connectivity index (χ1n) is 9.54. The summed E-state index contributed by atoms with van der Waals surface area (Å²) in [4.78, 5) is 44.0. The van der Waals surface area contributed by atoms with Crippen molar-refractivity contribution in [3.63, 3.8) is 0 Å². The minimum Gasteiger partial charge on any atom is -0.463 e. The lowest BCUT2D eigenvalue weighted by atomic mass is 10.1. The molecular formula is C20H17F3N4O5S2. The van der Waals surface area contributed by atoms with Crippen molar-refractivity contribution in [2.75, 3.05) is 17.7 Å². The highest BCUT2D eigenvalue weighted by molar-refractivity contribution is 7.99. The number of hydrogen-bond donors (Lipinski definition) is 2. The highest BCUT2D eigenvalue weighted by atomic mass is 32.2. The first-order chi connectivity index (χ1) is 16.0. The van der Waals surface area contributed by atoms with Crippen LogP contribution < -0.4 is 11.1 Å². The fourth-order valence-electron chi connectivity index (χ4n) is 2.77. The molecule has 14 heteroatoms. The normalized spacial score (nSPS) is 11.3. The lowest BCUT2D eigenvalue weighted by molar-refractivity contribution is -0.141. The number of ether oxygens (including phenoxy) is 1. The van der Waals surface area contributed by atoms with Crippen LogP contribution in [0.25, 0.3) is 11.5 Å². The standard InChI is InChI=1S/C20H17F3N4O5S2/c1-3-31-18(30)15-9(2)14(16(24)29)17(34-15)27-13(28)8-33-19-25-10(11-5-4-6-32-11)7-12(26-19)20(21,22)23/h4-7H,3,8H2,1-2H3,(H2,24,29)(H,27,28). The van der Waals surface area contributed by atoms with Gasteiger partial charge in [0, 0.05) is 0 Å². The zero-order valence-electron chi connectivity index (χ0n) is 17.7. The number of primary amides is 1. The molecule has 0 aromatic carbocycles. The molecule has 180 valence electrons. The maximum Gasteiger partial charge on any atom is 0.433 e. The Morgan fingerprint density at radius 2 is 2.03 bits per heavy atom. The SMILES string of the molecule is CCOC(=O)c1sc(NC(=O)CSc2nc(-c3ccco3)cc(C(F)(F)F)n2)c(C(N)=O)c1C. The maximum atomic E-state index is 13.3. The van der Waals surface area contributed by atoms with Gasteiger partial charge < -0.3 is 20.2 Å². The smallest absolute Gasteiger partial charge is 0.433 e. The number of rotatable bonds is 8. The summed E-state index contributed by atoms with van der Waals surface area (Å²) in [7, 11) is 0. The van der Waals surface area contributed by atoms with Crippen LogP contribution >= 0.6 is 23.1 Å². The van der Waals surface area contributed by atoms with Crippen LogP contribution in [-0.4, -0.2) is 40.1 Å². The van der Waals surface area contributed by atoms with Crippen molar-refractivity contribution in [1.82, 2.24) is 9.97 Å². The Hall–Kier alpha value is -3.39. The number of thiophene rings is 1. The van der Waals surface area contributed by atoms with Crippen molar-refractivity contribution in [3.8, 4) is 11.5 Å². The van der Waals surface area contributed by atoms with Crippen molar-refractivity contribution >= 4 is 45.9 Å². The molecule has 0 aliphatic rings. The average molecular weight is 515 g/mol. The summed E-state index contributed by atoms with van der Waals surface area (Å²) >= 11 is 1.46. The number of esters is 1. The Kier molecular flexibility index (Phi) is 7.61. The number of hydrogen-bond acceptors (Lipinski definition) is 9. The topological polar surface area (TPSA) is 137 Å². The third-order valence-corrected chi connectivity index (χ3v) is 6.24. The van der Waals surface area contributed by atoms with Gasteiger partial charge in [-0.1, -0.05) is 11.8 Å². The highest BCUT2D eigenvalue weighted by Crippen LogP contribution is 2.34. The van der Waals surface area contributed by atoms with Gasteiger partial charge in [-0.3, -0.25) is 9.59 Å². The Balaban J connectivity index is 1.80. The highest BCUT2D eigenvalue weighted by Gasteiger charge is 2.34. The minimum atomic E-state index is -4.74. The molecule has 0 bridgehead atoms. The predicted molar refractivity (Wildman–Crippen MR) is 118 cm³/mol. The van der Waals surface area contributed by atoms with E-state index in [9.17, 15) is 27.6 Å². The van der Waals surface area contributed by atoms with E-state index in [1.54, 1.807) is 6.92 Å². The quantitative estimate of drug-likeness (QED) is 0.260. The van der Waals surface area contributed by atoms with Crippen LogP contribution in [0.2, 0.25) is 0 Å². The van der Waals surface area contributed by atoms with Crippen molar-refractivity contribution in [2.24, 2.45) is 5.73 Å². The van der Waals surface area contributed by atoms with E-state index in [0.29, 0.717) is 11.8 Å². The van der Waals surface area contributed by atoms with Crippen molar-refractivity contribution in [3.05, 3.63) is 46.2 Å². The van der Waals surface area contributed by atoms with Gasteiger partial charge >= 0.3 is 12.1 Å². The second kappa shape index (κ2) is 10.3. The third kappa shape index (κ3) is 5.75. The van der Waals surface area contributed by atoms with Crippen molar-refractivity contribution in [1.29, 1.82) is 0 Å². The molecule has 0 unspecified atom stereocenters. The number of anilines is 1. The van der Waals surface area contributed by atoms with Gasteiger partial charge in [-0.05, 0) is 37.6 Å². The maximum absolute atomic E-state index is 13.3. The van der Waals surface area contributed by atoms with Crippen molar-refractivity contribution < 1.29 is 36.7 Å². The van der Waals surface area contributed by atoms with E-state index in [-0.39, 0.29) is 50.0 Å². The van der Waals surface area contributed by atoms with Gasteiger partial charge in [0.2, 0.25) is 5.91 Å². The van der Waals surface area contributed by atoms with Gasteiger partial charge in [0.15, 0.2) is 10.9 Å². The van der Waals surface area contributed by atoms with Gasteiger partial charge in [0.05, 0.1) is 24.2 Å². The molecule has 0 fully saturated rings. The lowest BCUT2D eigenvalue weighted by Gasteiger charge is -2.09.